The van der Waals surface area contributed by atoms with Crippen LogP contribution in [0, 0.1) is 5.92 Å². The lowest BCUT2D eigenvalue weighted by Gasteiger charge is -2.18. The van der Waals surface area contributed by atoms with Crippen LogP contribution in [0.1, 0.15) is 25.0 Å². The fourth-order valence-corrected chi connectivity index (χ4v) is 2.69. The number of nitrogens with one attached hydrogen (secondary N) is 2. The molecule has 142 valence electrons. The van der Waals surface area contributed by atoms with Gasteiger partial charge in [-0.1, -0.05) is 32.0 Å². The molecule has 2 N–H and O–H groups in total. The Bertz CT molecular complexity index is 833. The van der Waals surface area contributed by atoms with Crippen molar-refractivity contribution in [3.8, 4) is 11.5 Å². The fourth-order valence-electron chi connectivity index (χ4n) is 2.69. The summed E-state index contributed by atoms with van der Waals surface area (Å²) in [6.45, 7) is 5.15. The van der Waals surface area contributed by atoms with Gasteiger partial charge in [0.2, 0.25) is 11.8 Å². The lowest BCUT2D eigenvalue weighted by Crippen LogP contribution is -2.25. The van der Waals surface area contributed by atoms with E-state index in [1.165, 1.54) is 0 Å². The number of anilines is 1. The molecule has 6 nitrogen and oxygen atoms in total. The van der Waals surface area contributed by atoms with Crippen molar-refractivity contribution in [1.29, 1.82) is 0 Å². The summed E-state index contributed by atoms with van der Waals surface area (Å²) >= 11 is 0. The van der Waals surface area contributed by atoms with E-state index in [4.69, 9.17) is 9.47 Å². The Kier molecular flexibility index (Phi) is 5.96. The van der Waals surface area contributed by atoms with Crippen LogP contribution in [0.2, 0.25) is 0 Å². The number of rotatable bonds is 6. The van der Waals surface area contributed by atoms with Gasteiger partial charge in [0.25, 0.3) is 0 Å². The molecule has 0 fully saturated rings. The maximum absolute atomic E-state index is 12.3. The summed E-state index contributed by atoms with van der Waals surface area (Å²) in [6, 6.07) is 13.0. The Morgan fingerprint density at radius 3 is 2.56 bits per heavy atom. The van der Waals surface area contributed by atoms with Crippen molar-refractivity contribution >= 4 is 17.5 Å². The number of carbonyl (C=O) groups is 2. The van der Waals surface area contributed by atoms with Gasteiger partial charge in [0.05, 0.1) is 6.42 Å². The minimum atomic E-state index is -0.0839. The number of amides is 2. The van der Waals surface area contributed by atoms with Crippen LogP contribution < -0.4 is 20.1 Å². The normalized spacial score (nSPS) is 12.6. The topological polar surface area (TPSA) is 76.7 Å². The van der Waals surface area contributed by atoms with E-state index in [2.05, 4.69) is 10.6 Å². The van der Waals surface area contributed by atoms with E-state index in [1.54, 1.807) is 0 Å². The second-order valence-electron chi connectivity index (χ2n) is 6.78. The summed E-state index contributed by atoms with van der Waals surface area (Å²) < 4.78 is 11.0. The maximum atomic E-state index is 12.3. The minimum Gasteiger partial charge on any atom is -0.486 e. The summed E-state index contributed by atoms with van der Waals surface area (Å²) in [7, 11) is 0. The fraction of sp³-hybridized carbons (Fsp3) is 0.333. The first-order valence-electron chi connectivity index (χ1n) is 9.06. The van der Waals surface area contributed by atoms with Gasteiger partial charge in [0.1, 0.15) is 13.2 Å². The molecule has 0 unspecified atom stereocenters. The maximum Gasteiger partial charge on any atom is 0.226 e. The van der Waals surface area contributed by atoms with Crippen molar-refractivity contribution in [2.45, 2.75) is 26.8 Å². The summed E-state index contributed by atoms with van der Waals surface area (Å²) in [5, 5.41) is 5.77. The Hall–Kier alpha value is -3.02. The molecule has 0 aromatic heterocycles. The van der Waals surface area contributed by atoms with Gasteiger partial charge in [-0.2, -0.15) is 0 Å². The smallest absolute Gasteiger partial charge is 0.226 e. The second-order valence-corrected chi connectivity index (χ2v) is 6.78. The van der Waals surface area contributed by atoms with Crippen LogP contribution in [-0.4, -0.2) is 25.0 Å². The molecule has 6 heteroatoms. The van der Waals surface area contributed by atoms with Crippen LogP contribution in [0.3, 0.4) is 0 Å². The molecule has 27 heavy (non-hydrogen) atoms. The van der Waals surface area contributed by atoms with Gasteiger partial charge in [-0.3, -0.25) is 9.59 Å². The third-order valence-electron chi connectivity index (χ3n) is 4.18. The molecular weight excluding hydrogens is 344 g/mol. The first-order valence-corrected chi connectivity index (χ1v) is 9.06. The zero-order chi connectivity index (χ0) is 19.2. The standard InChI is InChI=1S/C21H24N2O4/c1-14(2)21(25)23-17-5-3-4-16(10-17)13-22-20(24)12-15-6-7-18-19(11-15)27-9-8-26-18/h3-7,10-11,14H,8-9,12-13H2,1-2H3,(H,22,24)(H,23,25). The number of ether oxygens (including phenoxy) is 2. The molecule has 3 rings (SSSR count). The molecule has 0 spiro atoms. The van der Waals surface area contributed by atoms with E-state index in [0.29, 0.717) is 31.3 Å². The van der Waals surface area contributed by atoms with Gasteiger partial charge in [-0.15, -0.1) is 0 Å². The van der Waals surface area contributed by atoms with Crippen molar-refractivity contribution in [2.75, 3.05) is 18.5 Å². The number of carbonyl (C=O) groups excluding carboxylic acids is 2. The van der Waals surface area contributed by atoms with Gasteiger partial charge in [0.15, 0.2) is 11.5 Å². The van der Waals surface area contributed by atoms with Gasteiger partial charge in [-0.25, -0.2) is 0 Å². The van der Waals surface area contributed by atoms with Crippen molar-refractivity contribution in [1.82, 2.24) is 5.32 Å². The molecule has 2 aromatic carbocycles. The highest BCUT2D eigenvalue weighted by Gasteiger charge is 2.13. The van der Waals surface area contributed by atoms with E-state index in [9.17, 15) is 9.59 Å². The van der Waals surface area contributed by atoms with Crippen LogP contribution in [0.4, 0.5) is 5.69 Å². The SMILES string of the molecule is CC(C)C(=O)Nc1cccc(CNC(=O)Cc2ccc3c(c2)OCCO3)c1. The first-order chi connectivity index (χ1) is 13.0. The predicted octanol–water partition coefficient (Wildman–Crippen LogP) is 2.91. The highest BCUT2D eigenvalue weighted by Crippen LogP contribution is 2.30. The quantitative estimate of drug-likeness (QED) is 0.822. The van der Waals surface area contributed by atoms with Gasteiger partial charge >= 0.3 is 0 Å². The van der Waals surface area contributed by atoms with Crippen LogP contribution >= 0.6 is 0 Å². The third-order valence-corrected chi connectivity index (χ3v) is 4.18. The number of hydrogen-bond acceptors (Lipinski definition) is 4. The summed E-state index contributed by atoms with van der Waals surface area (Å²) in [5.74, 6) is 1.20. The molecule has 0 atom stereocenters. The number of fused-ring (bicyclic) bond motifs is 1. The zero-order valence-electron chi connectivity index (χ0n) is 15.6. The summed E-state index contributed by atoms with van der Waals surface area (Å²) in [6.07, 6.45) is 0.264. The van der Waals surface area contributed by atoms with E-state index < -0.39 is 0 Å². The summed E-state index contributed by atoms with van der Waals surface area (Å²) in [4.78, 5) is 24.0. The lowest BCUT2D eigenvalue weighted by molar-refractivity contribution is -0.120. The third kappa shape index (κ3) is 5.23. The van der Waals surface area contributed by atoms with Gasteiger partial charge in [0, 0.05) is 18.2 Å². The van der Waals surface area contributed by atoms with Crippen LogP contribution in [-0.2, 0) is 22.6 Å². The Morgan fingerprint density at radius 1 is 1.00 bits per heavy atom. The highest BCUT2D eigenvalue weighted by atomic mass is 16.6. The molecule has 1 aliphatic heterocycles. The van der Waals surface area contributed by atoms with Crippen LogP contribution in [0.5, 0.6) is 11.5 Å². The molecule has 2 aromatic rings. The van der Waals surface area contributed by atoms with Gasteiger partial charge < -0.3 is 20.1 Å². The number of benzene rings is 2. The van der Waals surface area contributed by atoms with Crippen LogP contribution in [0.25, 0.3) is 0 Å². The molecular formula is C21H24N2O4. The average molecular weight is 368 g/mol. The molecule has 0 aliphatic carbocycles. The monoisotopic (exact) mass is 368 g/mol. The lowest BCUT2D eigenvalue weighted by atomic mass is 10.1. The predicted molar refractivity (Wildman–Crippen MR) is 103 cm³/mol. The van der Waals surface area contributed by atoms with Crippen molar-refractivity contribution in [2.24, 2.45) is 5.92 Å². The van der Waals surface area contributed by atoms with Gasteiger partial charge in [-0.05, 0) is 35.4 Å². The minimum absolute atomic E-state index is 0.0326. The molecule has 0 saturated heterocycles. The van der Waals surface area contributed by atoms with E-state index >= 15 is 0 Å². The summed E-state index contributed by atoms with van der Waals surface area (Å²) in [5.41, 5.74) is 2.52. The molecule has 0 radical (unpaired) electrons. The Labute approximate surface area is 158 Å². The van der Waals surface area contributed by atoms with E-state index in [1.807, 2.05) is 56.3 Å². The highest BCUT2D eigenvalue weighted by molar-refractivity contribution is 5.92. The number of hydrogen-bond donors (Lipinski definition) is 2. The Morgan fingerprint density at radius 2 is 1.78 bits per heavy atom. The molecule has 0 saturated carbocycles. The first kappa shape index (κ1) is 18.8. The van der Waals surface area contributed by atoms with Crippen molar-refractivity contribution in [3.05, 3.63) is 53.6 Å². The van der Waals surface area contributed by atoms with E-state index in [-0.39, 0.29) is 24.2 Å². The molecule has 0 bridgehead atoms. The molecule has 1 aliphatic rings. The Balaban J connectivity index is 1.54. The van der Waals surface area contributed by atoms with Crippen molar-refractivity contribution in [3.63, 3.8) is 0 Å². The molecule has 1 heterocycles. The van der Waals surface area contributed by atoms with Crippen molar-refractivity contribution < 1.29 is 19.1 Å². The largest absolute Gasteiger partial charge is 0.486 e. The van der Waals surface area contributed by atoms with E-state index in [0.717, 1.165) is 16.8 Å². The average Bonchev–Trinajstić information content (AvgIpc) is 2.66. The van der Waals surface area contributed by atoms with Crippen LogP contribution in [0.15, 0.2) is 42.5 Å². The second kappa shape index (κ2) is 8.58. The zero-order valence-corrected chi connectivity index (χ0v) is 15.6. The molecule has 2 amide bonds.